The van der Waals surface area contributed by atoms with Crippen molar-refractivity contribution in [2.75, 3.05) is 20.3 Å². The molecule has 7 heteroatoms. The van der Waals surface area contributed by atoms with E-state index in [0.717, 1.165) is 33.1 Å². The molecule has 0 saturated carbocycles. The Morgan fingerprint density at radius 3 is 2.63 bits per heavy atom. The number of benzene rings is 1. The van der Waals surface area contributed by atoms with Crippen LogP contribution in [0.3, 0.4) is 0 Å². The number of nitrogens with zero attached hydrogens (tertiary/aromatic N) is 2. The van der Waals surface area contributed by atoms with Crippen LogP contribution in [0.1, 0.15) is 45.9 Å². The van der Waals surface area contributed by atoms with E-state index in [1.807, 2.05) is 51.2 Å². The fourth-order valence-electron chi connectivity index (χ4n) is 2.92. The zero-order chi connectivity index (χ0) is 21.5. The Kier molecular flexibility index (Phi) is 7.54. The molecular formula is C23H27N3O3S. The highest BCUT2D eigenvalue weighted by molar-refractivity contribution is 7.14. The number of rotatable bonds is 9. The molecular weight excluding hydrogens is 398 g/mol. The van der Waals surface area contributed by atoms with Crippen LogP contribution in [0.25, 0.3) is 10.6 Å². The van der Waals surface area contributed by atoms with Gasteiger partial charge in [-0.25, -0.2) is 4.98 Å². The molecule has 3 aromatic rings. The molecule has 1 aromatic carbocycles. The van der Waals surface area contributed by atoms with Gasteiger partial charge < -0.3 is 14.8 Å². The van der Waals surface area contributed by atoms with Gasteiger partial charge in [0.05, 0.1) is 12.6 Å². The number of nitrogens with one attached hydrogen (secondary N) is 1. The summed E-state index contributed by atoms with van der Waals surface area (Å²) in [4.78, 5) is 22.9. The molecule has 0 aliphatic carbocycles. The summed E-state index contributed by atoms with van der Waals surface area (Å²) < 4.78 is 11.0. The van der Waals surface area contributed by atoms with Crippen LogP contribution in [0.15, 0.2) is 42.7 Å². The van der Waals surface area contributed by atoms with Crippen LogP contribution >= 0.6 is 11.3 Å². The highest BCUT2D eigenvalue weighted by Gasteiger charge is 2.15. The fraction of sp³-hybridized carbons (Fsp3) is 0.348. The van der Waals surface area contributed by atoms with Crippen LogP contribution in [0, 0.1) is 13.8 Å². The van der Waals surface area contributed by atoms with Crippen molar-refractivity contribution in [2.24, 2.45) is 0 Å². The number of methoxy groups -OCH3 is 1. The van der Waals surface area contributed by atoms with Gasteiger partial charge in [0.1, 0.15) is 10.8 Å². The fourth-order valence-corrected chi connectivity index (χ4v) is 3.67. The second-order valence-corrected chi connectivity index (χ2v) is 8.38. The van der Waals surface area contributed by atoms with Gasteiger partial charge in [-0.2, -0.15) is 0 Å². The number of aromatic nitrogens is 2. The minimum absolute atomic E-state index is 0.164. The summed E-state index contributed by atoms with van der Waals surface area (Å²) in [6.07, 6.45) is 4.40. The van der Waals surface area contributed by atoms with E-state index in [1.54, 1.807) is 30.7 Å². The van der Waals surface area contributed by atoms with Crippen LogP contribution in [0.4, 0.5) is 0 Å². The van der Waals surface area contributed by atoms with Gasteiger partial charge in [-0.05, 0) is 50.6 Å². The second-order valence-electron chi connectivity index (χ2n) is 7.15. The minimum Gasteiger partial charge on any atom is -0.493 e. The van der Waals surface area contributed by atoms with Crippen molar-refractivity contribution in [3.05, 3.63) is 64.4 Å². The van der Waals surface area contributed by atoms with Crippen molar-refractivity contribution in [3.8, 4) is 16.3 Å². The molecule has 0 bridgehead atoms. The van der Waals surface area contributed by atoms with Crippen molar-refractivity contribution in [1.29, 1.82) is 0 Å². The predicted octanol–water partition coefficient (Wildman–Crippen LogP) is 4.73. The molecule has 0 radical (unpaired) electrons. The molecule has 0 spiro atoms. The minimum atomic E-state index is -0.167. The molecule has 0 aliphatic rings. The molecule has 1 amide bonds. The average molecular weight is 426 g/mol. The van der Waals surface area contributed by atoms with Crippen LogP contribution < -0.4 is 10.1 Å². The number of aryl methyl sites for hydroxylation is 2. The lowest BCUT2D eigenvalue weighted by Gasteiger charge is -2.15. The van der Waals surface area contributed by atoms with Crippen LogP contribution in [-0.4, -0.2) is 36.2 Å². The van der Waals surface area contributed by atoms with E-state index in [-0.39, 0.29) is 11.9 Å². The lowest BCUT2D eigenvalue weighted by molar-refractivity contribution is 0.0939. The average Bonchev–Trinajstić information content (AvgIpc) is 3.18. The first kappa shape index (κ1) is 21.9. The van der Waals surface area contributed by atoms with Gasteiger partial charge in [0, 0.05) is 54.2 Å². The van der Waals surface area contributed by atoms with E-state index in [4.69, 9.17) is 9.47 Å². The van der Waals surface area contributed by atoms with E-state index in [1.165, 1.54) is 0 Å². The normalized spacial score (nSPS) is 11.9. The maximum absolute atomic E-state index is 13.0. The summed E-state index contributed by atoms with van der Waals surface area (Å²) in [6, 6.07) is 9.31. The van der Waals surface area contributed by atoms with Crippen molar-refractivity contribution < 1.29 is 14.3 Å². The molecule has 2 heterocycles. The predicted molar refractivity (Wildman–Crippen MR) is 119 cm³/mol. The van der Waals surface area contributed by atoms with E-state index < -0.39 is 0 Å². The number of carbonyl (C=O) groups is 1. The third-order valence-corrected chi connectivity index (χ3v) is 5.54. The van der Waals surface area contributed by atoms with Gasteiger partial charge in [0.15, 0.2) is 0 Å². The Bertz CT molecular complexity index is 986. The first-order valence-electron chi connectivity index (χ1n) is 9.89. The Morgan fingerprint density at radius 1 is 1.13 bits per heavy atom. The zero-order valence-corrected chi connectivity index (χ0v) is 18.6. The SMILES string of the molecule is COCCCOc1cc(C(=O)N[C@H](C)c2ccc(C)nc2)cc(-c2ncc(C)s2)c1. The Labute approximate surface area is 181 Å². The first-order chi connectivity index (χ1) is 14.5. The van der Waals surface area contributed by atoms with Crippen molar-refractivity contribution in [2.45, 2.75) is 33.2 Å². The molecule has 1 N–H and O–H groups in total. The van der Waals surface area contributed by atoms with E-state index >= 15 is 0 Å². The van der Waals surface area contributed by atoms with Crippen molar-refractivity contribution in [3.63, 3.8) is 0 Å². The molecule has 3 rings (SSSR count). The number of hydrogen-bond donors (Lipinski definition) is 1. The highest BCUT2D eigenvalue weighted by Crippen LogP contribution is 2.30. The molecule has 0 aliphatic heterocycles. The lowest BCUT2D eigenvalue weighted by atomic mass is 10.1. The third kappa shape index (κ3) is 5.87. The topological polar surface area (TPSA) is 73.3 Å². The number of thiazole rings is 1. The second kappa shape index (κ2) is 10.3. The zero-order valence-electron chi connectivity index (χ0n) is 17.8. The summed E-state index contributed by atoms with van der Waals surface area (Å²) in [5.74, 6) is 0.478. The summed E-state index contributed by atoms with van der Waals surface area (Å²) in [5, 5.41) is 3.91. The third-order valence-electron chi connectivity index (χ3n) is 4.58. The van der Waals surface area contributed by atoms with Gasteiger partial charge in [0.25, 0.3) is 5.91 Å². The summed E-state index contributed by atoms with van der Waals surface area (Å²) >= 11 is 1.59. The first-order valence-corrected chi connectivity index (χ1v) is 10.7. The largest absolute Gasteiger partial charge is 0.493 e. The number of amides is 1. The molecule has 158 valence electrons. The van der Waals surface area contributed by atoms with Gasteiger partial charge in [0.2, 0.25) is 0 Å². The van der Waals surface area contributed by atoms with Gasteiger partial charge >= 0.3 is 0 Å². The van der Waals surface area contributed by atoms with Gasteiger partial charge in [-0.15, -0.1) is 11.3 Å². The van der Waals surface area contributed by atoms with Gasteiger partial charge in [-0.3, -0.25) is 9.78 Å². The van der Waals surface area contributed by atoms with Gasteiger partial charge in [-0.1, -0.05) is 6.07 Å². The van der Waals surface area contributed by atoms with Crippen molar-refractivity contribution >= 4 is 17.2 Å². The Hall–Kier alpha value is -2.77. The number of hydrogen-bond acceptors (Lipinski definition) is 6. The summed E-state index contributed by atoms with van der Waals surface area (Å²) in [6.45, 7) is 7.03. The van der Waals surface area contributed by atoms with Crippen LogP contribution in [0.5, 0.6) is 5.75 Å². The molecule has 0 fully saturated rings. The van der Waals surface area contributed by atoms with E-state index in [0.29, 0.717) is 24.5 Å². The molecule has 0 unspecified atom stereocenters. The highest BCUT2D eigenvalue weighted by atomic mass is 32.1. The number of carbonyl (C=O) groups excluding carboxylic acids is 1. The van der Waals surface area contributed by atoms with E-state index in [2.05, 4.69) is 15.3 Å². The lowest BCUT2D eigenvalue weighted by Crippen LogP contribution is -2.26. The maximum Gasteiger partial charge on any atom is 0.251 e. The quantitative estimate of drug-likeness (QED) is 0.502. The Balaban J connectivity index is 1.82. The Morgan fingerprint density at radius 2 is 1.97 bits per heavy atom. The molecule has 6 nitrogen and oxygen atoms in total. The number of ether oxygens (including phenoxy) is 2. The van der Waals surface area contributed by atoms with Crippen molar-refractivity contribution in [1.82, 2.24) is 15.3 Å². The summed E-state index contributed by atoms with van der Waals surface area (Å²) in [7, 11) is 1.67. The van der Waals surface area contributed by atoms with Crippen LogP contribution in [-0.2, 0) is 4.74 Å². The molecule has 1 atom stereocenters. The van der Waals surface area contributed by atoms with E-state index in [9.17, 15) is 4.79 Å². The standard InChI is InChI=1S/C23H27N3O3S/c1-15-6-7-18(14-24-15)17(3)26-22(27)19-10-20(23-25-13-16(2)30-23)12-21(11-19)29-9-5-8-28-4/h6-7,10-14,17H,5,8-9H2,1-4H3,(H,26,27)/t17-/m1/s1. The summed E-state index contributed by atoms with van der Waals surface area (Å²) in [5.41, 5.74) is 3.30. The molecule has 0 saturated heterocycles. The number of pyridine rings is 1. The van der Waals surface area contributed by atoms with Crippen LogP contribution in [0.2, 0.25) is 0 Å². The smallest absolute Gasteiger partial charge is 0.251 e. The molecule has 2 aromatic heterocycles. The monoisotopic (exact) mass is 425 g/mol. The molecule has 30 heavy (non-hydrogen) atoms. The maximum atomic E-state index is 13.0.